The molecular weight excluding hydrogens is 801 g/mol. The maximum atomic E-state index is 12.9. The number of carboxylic acid groups (broad SMARTS) is 2. The number of carboxylic acids is 2. The van der Waals surface area contributed by atoms with Crippen LogP contribution in [0.25, 0.3) is 0 Å². The summed E-state index contributed by atoms with van der Waals surface area (Å²) in [5, 5.41) is 18.0. The summed E-state index contributed by atoms with van der Waals surface area (Å²) >= 11 is 0. The first-order chi connectivity index (χ1) is 28.8. The van der Waals surface area contributed by atoms with Crippen molar-refractivity contribution in [3.63, 3.8) is 0 Å². The van der Waals surface area contributed by atoms with E-state index < -0.39 is 32.0 Å². The molecule has 6 rings (SSSR count). The van der Waals surface area contributed by atoms with Crippen LogP contribution < -0.4 is 14.2 Å². The quantitative estimate of drug-likeness (QED) is 0.0657. The lowest BCUT2D eigenvalue weighted by Gasteiger charge is -2.13. The van der Waals surface area contributed by atoms with Gasteiger partial charge in [0, 0.05) is 6.07 Å². The lowest BCUT2D eigenvalue weighted by molar-refractivity contribution is 0.0686. The van der Waals surface area contributed by atoms with Gasteiger partial charge in [-0.25, -0.2) is 26.4 Å². The molecule has 60 heavy (non-hydrogen) atoms. The third-order valence-corrected chi connectivity index (χ3v) is 12.4. The van der Waals surface area contributed by atoms with Crippen LogP contribution in [0.5, 0.6) is 5.75 Å². The number of unbranched alkanes of at least 4 members (excludes halogenated alkanes) is 1. The number of anilines is 2. The number of ether oxygens (including phenoxy) is 1. The van der Waals surface area contributed by atoms with Gasteiger partial charge in [-0.3, -0.25) is 9.44 Å². The molecule has 0 aromatic heterocycles. The Kier molecular flexibility index (Phi) is 15.6. The van der Waals surface area contributed by atoms with E-state index in [1.54, 1.807) is 97.1 Å². The molecule has 0 aliphatic rings. The molecule has 11 nitrogen and oxygen atoms in total. The fraction of sp³-hybridized carbons (Fsp3) is 0.191. The summed E-state index contributed by atoms with van der Waals surface area (Å²) in [4.78, 5) is 22.3. The van der Waals surface area contributed by atoms with Crippen LogP contribution in [0.15, 0.2) is 155 Å². The van der Waals surface area contributed by atoms with Crippen molar-refractivity contribution in [1.82, 2.24) is 0 Å². The van der Waals surface area contributed by atoms with Crippen molar-refractivity contribution in [2.45, 2.75) is 61.7 Å². The number of aryl methyl sites for hydroxylation is 5. The number of aromatic carboxylic acids is 2. The highest BCUT2D eigenvalue weighted by atomic mass is 32.2. The van der Waals surface area contributed by atoms with Gasteiger partial charge in [0.25, 0.3) is 20.0 Å². The highest BCUT2D eigenvalue weighted by Crippen LogP contribution is 2.25. The number of hydrogen-bond acceptors (Lipinski definition) is 7. The van der Waals surface area contributed by atoms with Gasteiger partial charge >= 0.3 is 11.9 Å². The first-order valence-corrected chi connectivity index (χ1v) is 22.3. The molecule has 0 bridgehead atoms. The number of para-hydroxylation sites is 2. The Morgan fingerprint density at radius 3 is 1.40 bits per heavy atom. The number of benzene rings is 6. The summed E-state index contributed by atoms with van der Waals surface area (Å²) < 4.78 is 61.8. The van der Waals surface area contributed by atoms with Crippen LogP contribution >= 0.6 is 0 Å². The van der Waals surface area contributed by atoms with Crippen LogP contribution in [0, 0.1) is 0 Å². The van der Waals surface area contributed by atoms with Gasteiger partial charge in [0.05, 0.1) is 39.4 Å². The third kappa shape index (κ3) is 12.8. The molecule has 0 fully saturated rings. The second-order valence-electron chi connectivity index (χ2n) is 14.0. The fourth-order valence-electron chi connectivity index (χ4n) is 6.25. The van der Waals surface area contributed by atoms with Gasteiger partial charge in [-0.1, -0.05) is 92.2 Å². The number of rotatable bonds is 18. The zero-order valence-electron chi connectivity index (χ0n) is 33.4. The summed E-state index contributed by atoms with van der Waals surface area (Å²) in [5.41, 5.74) is 6.38. The molecule has 312 valence electrons. The topological polar surface area (TPSA) is 176 Å². The van der Waals surface area contributed by atoms with E-state index in [9.17, 15) is 26.4 Å². The first kappa shape index (κ1) is 44.7. The highest BCUT2D eigenvalue weighted by molar-refractivity contribution is 7.93. The molecule has 6 aromatic rings. The summed E-state index contributed by atoms with van der Waals surface area (Å²) in [7, 11) is -5.96. The normalized spacial score (nSPS) is 11.2. The minimum Gasteiger partial charge on any atom is -0.497 e. The van der Waals surface area contributed by atoms with E-state index in [-0.39, 0.29) is 20.9 Å². The van der Waals surface area contributed by atoms with Crippen molar-refractivity contribution in [3.05, 3.63) is 185 Å². The second-order valence-corrected chi connectivity index (χ2v) is 17.3. The first-order valence-electron chi connectivity index (χ1n) is 19.4. The Hall–Kier alpha value is -6.44. The van der Waals surface area contributed by atoms with Gasteiger partial charge in [0.15, 0.2) is 0 Å². The minimum atomic E-state index is -3.76. The molecule has 13 heteroatoms. The molecule has 0 aliphatic heterocycles. The Balaban J connectivity index is 0.000000228. The van der Waals surface area contributed by atoms with E-state index in [1.807, 2.05) is 36.4 Å². The van der Waals surface area contributed by atoms with Crippen LogP contribution in [0.4, 0.5) is 11.4 Å². The number of nitrogens with one attached hydrogen (secondary N) is 2. The third-order valence-electron chi connectivity index (χ3n) is 9.70. The molecule has 0 saturated carbocycles. The molecule has 0 heterocycles. The predicted molar refractivity (Wildman–Crippen MR) is 234 cm³/mol. The van der Waals surface area contributed by atoms with Gasteiger partial charge in [0.2, 0.25) is 0 Å². The Labute approximate surface area is 351 Å². The molecule has 0 aliphatic carbocycles. The summed E-state index contributed by atoms with van der Waals surface area (Å²) in [5.74, 6) is -1.45. The zero-order valence-corrected chi connectivity index (χ0v) is 35.0. The maximum Gasteiger partial charge on any atom is 0.335 e. The van der Waals surface area contributed by atoms with Crippen LogP contribution in [0.3, 0.4) is 0 Å². The smallest absolute Gasteiger partial charge is 0.335 e. The van der Waals surface area contributed by atoms with Crippen molar-refractivity contribution in [3.8, 4) is 5.75 Å². The monoisotopic (exact) mass is 848 g/mol. The Bertz CT molecular complexity index is 2590. The van der Waals surface area contributed by atoms with E-state index in [0.29, 0.717) is 42.8 Å². The molecule has 6 aromatic carbocycles. The predicted octanol–water partition coefficient (Wildman–Crippen LogP) is 9.29. The van der Waals surface area contributed by atoms with E-state index in [4.69, 9.17) is 14.9 Å². The summed E-state index contributed by atoms with van der Waals surface area (Å²) in [6.45, 7) is 2.13. The highest BCUT2D eigenvalue weighted by Gasteiger charge is 2.18. The van der Waals surface area contributed by atoms with Gasteiger partial charge < -0.3 is 14.9 Å². The lowest BCUT2D eigenvalue weighted by atomic mass is 10.0. The Morgan fingerprint density at radius 1 is 0.517 bits per heavy atom. The van der Waals surface area contributed by atoms with E-state index in [0.717, 1.165) is 47.1 Å². The minimum absolute atomic E-state index is 0.121. The number of hydrogen-bond donors (Lipinski definition) is 4. The maximum absolute atomic E-state index is 12.9. The van der Waals surface area contributed by atoms with Crippen LogP contribution in [-0.4, -0.2) is 46.1 Å². The van der Waals surface area contributed by atoms with Crippen molar-refractivity contribution in [2.24, 2.45) is 0 Å². The van der Waals surface area contributed by atoms with Crippen molar-refractivity contribution in [1.29, 1.82) is 0 Å². The molecule has 0 amide bonds. The van der Waals surface area contributed by atoms with Gasteiger partial charge in [-0.05, 0) is 127 Å². The molecule has 0 spiro atoms. The largest absolute Gasteiger partial charge is 0.497 e. The number of methoxy groups -OCH3 is 1. The lowest BCUT2D eigenvalue weighted by Crippen LogP contribution is -2.14. The van der Waals surface area contributed by atoms with Crippen LogP contribution in [0.2, 0.25) is 0 Å². The van der Waals surface area contributed by atoms with Crippen molar-refractivity contribution < 1.29 is 41.4 Å². The van der Waals surface area contributed by atoms with Crippen LogP contribution in [0.1, 0.15) is 68.3 Å². The average Bonchev–Trinajstić information content (AvgIpc) is 3.25. The van der Waals surface area contributed by atoms with E-state index >= 15 is 0 Å². The molecular formula is C47H48N2O9S2. The molecule has 0 saturated heterocycles. The SMILES string of the molecule is CCCCc1ccc(S(=O)(=O)Nc2ccccc2CCc2ccc(C(=O)O)cc2)cc1.COc1cccc(S(=O)(=O)Nc2ccccc2CCc2ccc(C(=O)O)cc2)c1. The van der Waals surface area contributed by atoms with Gasteiger partial charge in [0.1, 0.15) is 5.75 Å². The molecule has 4 N–H and O–H groups in total. The number of sulfonamides is 2. The standard InChI is InChI=1S/C25H27NO4S.C22H21NO5S/c1-2-3-6-19-12-17-23(18-13-19)31(29,30)26-24-8-5-4-7-21(24)14-9-20-10-15-22(16-11-20)25(27)28;1-28-19-6-4-7-20(15-19)29(26,27)23-21-8-3-2-5-17(21)12-9-16-10-13-18(14-11-16)22(24)25/h4-5,7-8,10-13,15-18,26H,2-3,6,9,14H2,1H3,(H,27,28);2-8,10-11,13-15,23H,9,12H2,1H3,(H,24,25). The summed E-state index contributed by atoms with van der Waals surface area (Å²) in [6.07, 6.45) is 5.67. The summed E-state index contributed by atoms with van der Waals surface area (Å²) in [6, 6.07) is 41.3. The van der Waals surface area contributed by atoms with E-state index in [2.05, 4.69) is 16.4 Å². The average molecular weight is 849 g/mol. The molecule has 0 radical (unpaired) electrons. The zero-order chi connectivity index (χ0) is 43.1. The molecule has 0 atom stereocenters. The van der Waals surface area contributed by atoms with Crippen molar-refractivity contribution >= 4 is 43.4 Å². The second kappa shape index (κ2) is 21.0. The number of carbonyl (C=O) groups is 2. The molecule has 0 unspecified atom stereocenters. The van der Waals surface area contributed by atoms with Gasteiger partial charge in [-0.15, -0.1) is 0 Å². The fourth-order valence-corrected chi connectivity index (χ4v) is 8.49. The van der Waals surface area contributed by atoms with Crippen molar-refractivity contribution in [2.75, 3.05) is 16.6 Å². The van der Waals surface area contributed by atoms with Crippen LogP contribution in [-0.2, 0) is 52.2 Å². The Morgan fingerprint density at radius 2 is 0.950 bits per heavy atom. The van der Waals surface area contributed by atoms with E-state index in [1.165, 1.54) is 19.2 Å². The van der Waals surface area contributed by atoms with Gasteiger partial charge in [-0.2, -0.15) is 0 Å².